The summed E-state index contributed by atoms with van der Waals surface area (Å²) in [5.41, 5.74) is 1.15. The Kier molecular flexibility index (Phi) is 3.21. The van der Waals surface area contributed by atoms with E-state index in [4.69, 9.17) is 0 Å². The van der Waals surface area contributed by atoms with Gasteiger partial charge in [-0.05, 0) is 25.3 Å². The van der Waals surface area contributed by atoms with E-state index >= 15 is 0 Å². The molecule has 2 aliphatic rings. The normalized spacial score (nSPS) is 21.6. The molecule has 5 heteroatoms. The lowest BCUT2D eigenvalue weighted by atomic mass is 9.84. The van der Waals surface area contributed by atoms with Gasteiger partial charge in [-0.2, -0.15) is 0 Å². The number of carbonyl (C=O) groups is 1. The van der Waals surface area contributed by atoms with E-state index in [0.29, 0.717) is 19.0 Å². The molecule has 4 rings (SSSR count). The van der Waals surface area contributed by atoms with Crippen molar-refractivity contribution >= 4 is 5.91 Å². The highest BCUT2D eigenvalue weighted by atomic mass is 16.2. The third-order valence-corrected chi connectivity index (χ3v) is 4.87. The second-order valence-electron chi connectivity index (χ2n) is 6.33. The van der Waals surface area contributed by atoms with Crippen molar-refractivity contribution in [2.24, 2.45) is 0 Å². The molecule has 1 aromatic heterocycles. The van der Waals surface area contributed by atoms with Gasteiger partial charge < -0.3 is 9.47 Å². The van der Waals surface area contributed by atoms with Gasteiger partial charge in [-0.15, -0.1) is 10.2 Å². The number of amides is 1. The van der Waals surface area contributed by atoms with Gasteiger partial charge in [-0.3, -0.25) is 4.79 Å². The predicted molar refractivity (Wildman–Crippen MR) is 82.0 cm³/mol. The minimum absolute atomic E-state index is 0.164. The molecule has 1 aromatic carbocycles. The predicted octanol–water partition coefficient (Wildman–Crippen LogP) is 2.65. The van der Waals surface area contributed by atoms with Crippen LogP contribution in [0.2, 0.25) is 0 Å². The smallest absolute Gasteiger partial charge is 0.246 e. The molecule has 1 fully saturated rings. The first kappa shape index (κ1) is 13.5. The summed E-state index contributed by atoms with van der Waals surface area (Å²) in [6.45, 7) is 3.15. The van der Waals surface area contributed by atoms with Crippen LogP contribution in [0.25, 0.3) is 0 Å². The Bertz CT molecular complexity index is 690. The van der Waals surface area contributed by atoms with E-state index in [1.54, 1.807) is 0 Å². The molecule has 2 aromatic rings. The highest BCUT2D eigenvalue weighted by Crippen LogP contribution is 2.38. The number of rotatable bonds is 3. The number of hydrogen-bond acceptors (Lipinski definition) is 3. The molecule has 0 radical (unpaired) electrons. The molecule has 0 spiro atoms. The van der Waals surface area contributed by atoms with Crippen LogP contribution in [0.5, 0.6) is 0 Å². The topological polar surface area (TPSA) is 51.0 Å². The molecule has 1 atom stereocenters. The Labute approximate surface area is 130 Å². The first-order valence-corrected chi connectivity index (χ1v) is 8.00. The molecular weight excluding hydrogens is 276 g/mol. The summed E-state index contributed by atoms with van der Waals surface area (Å²) in [6.07, 6.45) is 3.61. The van der Waals surface area contributed by atoms with Crippen LogP contribution >= 0.6 is 0 Å². The van der Waals surface area contributed by atoms with Gasteiger partial charge in [0, 0.05) is 12.5 Å². The number of aromatic nitrogens is 3. The quantitative estimate of drug-likeness (QED) is 0.875. The zero-order valence-electron chi connectivity index (χ0n) is 12.8. The van der Waals surface area contributed by atoms with Gasteiger partial charge in [-0.1, -0.05) is 36.8 Å². The van der Waals surface area contributed by atoms with Crippen molar-refractivity contribution in [3.8, 4) is 0 Å². The average molecular weight is 296 g/mol. The highest BCUT2D eigenvalue weighted by molar-refractivity contribution is 5.81. The molecule has 0 saturated heterocycles. The molecule has 5 nitrogen and oxygen atoms in total. The molecule has 0 bridgehead atoms. The lowest BCUT2D eigenvalue weighted by molar-refractivity contribution is -0.137. The van der Waals surface area contributed by atoms with Crippen LogP contribution in [0.4, 0.5) is 0 Å². The van der Waals surface area contributed by atoms with Gasteiger partial charge in [0.15, 0.2) is 5.82 Å². The number of carbonyl (C=O) groups excluding carboxylic acids is 1. The van der Waals surface area contributed by atoms with Crippen LogP contribution in [0.15, 0.2) is 30.3 Å². The minimum Gasteiger partial charge on any atom is -0.329 e. The number of nitrogens with zero attached hydrogens (tertiary/aromatic N) is 4. The lowest BCUT2D eigenvalue weighted by Gasteiger charge is -2.34. The van der Waals surface area contributed by atoms with E-state index in [1.165, 1.54) is 19.3 Å². The Morgan fingerprint density at radius 2 is 1.95 bits per heavy atom. The SMILES string of the molecule is C[C@@H]1C(=O)N(Cc2ccccc2)Cc2nnc(C3CCC3)n21. The van der Waals surface area contributed by atoms with Crippen LogP contribution < -0.4 is 0 Å². The summed E-state index contributed by atoms with van der Waals surface area (Å²) in [4.78, 5) is 14.6. The molecule has 2 heterocycles. The van der Waals surface area contributed by atoms with E-state index in [-0.39, 0.29) is 11.9 Å². The van der Waals surface area contributed by atoms with Gasteiger partial charge in [0.25, 0.3) is 0 Å². The fourth-order valence-electron chi connectivity index (χ4n) is 3.37. The third kappa shape index (κ3) is 2.12. The Hall–Kier alpha value is -2.17. The standard InChI is InChI=1S/C17H20N4O/c1-12-17(22)20(10-13-6-3-2-4-7-13)11-15-18-19-16(21(12)15)14-8-5-9-14/h2-4,6-7,12,14H,5,8-11H2,1H3/t12-/m1/s1. The van der Waals surface area contributed by atoms with E-state index < -0.39 is 0 Å². The molecule has 1 amide bonds. The molecular formula is C17H20N4O. The van der Waals surface area contributed by atoms with Crippen molar-refractivity contribution in [3.05, 3.63) is 47.5 Å². The van der Waals surface area contributed by atoms with Crippen molar-refractivity contribution in [3.63, 3.8) is 0 Å². The van der Waals surface area contributed by atoms with Gasteiger partial charge in [0.05, 0.1) is 6.54 Å². The fourth-order valence-corrected chi connectivity index (χ4v) is 3.37. The molecule has 0 N–H and O–H groups in total. The van der Waals surface area contributed by atoms with E-state index in [1.807, 2.05) is 30.0 Å². The summed E-state index contributed by atoms with van der Waals surface area (Å²) >= 11 is 0. The zero-order valence-corrected chi connectivity index (χ0v) is 12.8. The molecule has 114 valence electrons. The summed E-state index contributed by atoms with van der Waals surface area (Å²) in [5, 5.41) is 8.74. The maximum atomic E-state index is 12.7. The summed E-state index contributed by atoms with van der Waals surface area (Å²) < 4.78 is 2.08. The van der Waals surface area contributed by atoms with Crippen molar-refractivity contribution in [1.82, 2.24) is 19.7 Å². The average Bonchev–Trinajstić information content (AvgIpc) is 2.87. The van der Waals surface area contributed by atoms with Crippen LogP contribution in [0, 0.1) is 0 Å². The van der Waals surface area contributed by atoms with Crippen LogP contribution in [0.1, 0.15) is 55.4 Å². The monoisotopic (exact) mass is 296 g/mol. The van der Waals surface area contributed by atoms with E-state index in [0.717, 1.165) is 17.2 Å². The molecule has 0 unspecified atom stereocenters. The molecule has 1 saturated carbocycles. The third-order valence-electron chi connectivity index (χ3n) is 4.87. The van der Waals surface area contributed by atoms with E-state index in [2.05, 4.69) is 26.9 Å². The highest BCUT2D eigenvalue weighted by Gasteiger charge is 2.36. The maximum absolute atomic E-state index is 12.7. The number of benzene rings is 1. The minimum atomic E-state index is -0.196. The van der Waals surface area contributed by atoms with Crippen molar-refractivity contribution < 1.29 is 4.79 Å². The largest absolute Gasteiger partial charge is 0.329 e. The van der Waals surface area contributed by atoms with Crippen LogP contribution in [-0.4, -0.2) is 25.6 Å². The first-order valence-electron chi connectivity index (χ1n) is 8.00. The van der Waals surface area contributed by atoms with Gasteiger partial charge >= 0.3 is 0 Å². The Morgan fingerprint density at radius 3 is 2.64 bits per heavy atom. The van der Waals surface area contributed by atoms with Gasteiger partial charge in [-0.25, -0.2) is 0 Å². The van der Waals surface area contributed by atoms with Gasteiger partial charge in [0.2, 0.25) is 5.91 Å². The summed E-state index contributed by atoms with van der Waals surface area (Å²) in [5.74, 6) is 2.60. The van der Waals surface area contributed by atoms with Crippen LogP contribution in [0.3, 0.4) is 0 Å². The lowest BCUT2D eigenvalue weighted by Crippen LogP contribution is -2.42. The second-order valence-corrected chi connectivity index (χ2v) is 6.33. The van der Waals surface area contributed by atoms with Gasteiger partial charge in [0.1, 0.15) is 11.9 Å². The zero-order chi connectivity index (χ0) is 15.1. The Morgan fingerprint density at radius 1 is 1.18 bits per heavy atom. The molecule has 22 heavy (non-hydrogen) atoms. The Balaban J connectivity index is 1.61. The maximum Gasteiger partial charge on any atom is 0.246 e. The second kappa shape index (κ2) is 5.23. The molecule has 1 aliphatic carbocycles. The summed E-state index contributed by atoms with van der Waals surface area (Å²) in [7, 11) is 0. The fraction of sp³-hybridized carbons (Fsp3) is 0.471. The van der Waals surface area contributed by atoms with Crippen LogP contribution in [-0.2, 0) is 17.9 Å². The van der Waals surface area contributed by atoms with Crippen molar-refractivity contribution in [1.29, 1.82) is 0 Å². The first-order chi connectivity index (χ1) is 10.7. The number of fused-ring (bicyclic) bond motifs is 1. The van der Waals surface area contributed by atoms with E-state index in [9.17, 15) is 4.79 Å². The summed E-state index contributed by atoms with van der Waals surface area (Å²) in [6, 6.07) is 9.91. The van der Waals surface area contributed by atoms with Crippen molar-refractivity contribution in [2.45, 2.75) is 51.2 Å². The molecule has 1 aliphatic heterocycles. The number of hydrogen-bond donors (Lipinski definition) is 0. The van der Waals surface area contributed by atoms with Crippen molar-refractivity contribution in [2.75, 3.05) is 0 Å².